The van der Waals surface area contributed by atoms with Crippen molar-refractivity contribution >= 4 is 0 Å². The molecule has 3 nitrogen and oxygen atoms in total. The minimum absolute atomic E-state index is 0.101. The standard InChI is InChI=1S/C17H27NO2/c1-14(2)18-12-17(15-8-4-3-5-9-15)20-13-16-10-6-7-11-19-16/h3-5,8-9,14,16-18H,6-7,10-13H2,1-2H3. The SMILES string of the molecule is CC(C)NCC(OCC1CCCCO1)c1ccccc1. The van der Waals surface area contributed by atoms with Crippen molar-refractivity contribution in [3.05, 3.63) is 35.9 Å². The summed E-state index contributed by atoms with van der Waals surface area (Å²) >= 11 is 0. The van der Waals surface area contributed by atoms with Gasteiger partial charge in [0.2, 0.25) is 0 Å². The number of benzene rings is 1. The Morgan fingerprint density at radius 1 is 1.25 bits per heavy atom. The molecule has 1 heterocycles. The molecule has 1 saturated heterocycles. The second kappa shape index (κ2) is 8.40. The quantitative estimate of drug-likeness (QED) is 0.829. The predicted octanol–water partition coefficient (Wildman–Crippen LogP) is 3.31. The Morgan fingerprint density at radius 3 is 2.70 bits per heavy atom. The summed E-state index contributed by atoms with van der Waals surface area (Å²) in [6, 6.07) is 10.9. The van der Waals surface area contributed by atoms with Crippen molar-refractivity contribution in [2.24, 2.45) is 0 Å². The highest BCUT2D eigenvalue weighted by Crippen LogP contribution is 2.20. The molecule has 0 aliphatic carbocycles. The Hall–Kier alpha value is -0.900. The molecule has 112 valence electrons. The van der Waals surface area contributed by atoms with Gasteiger partial charge in [-0.25, -0.2) is 0 Å². The van der Waals surface area contributed by atoms with E-state index in [0.717, 1.165) is 19.6 Å². The minimum Gasteiger partial charge on any atom is -0.376 e. The zero-order chi connectivity index (χ0) is 14.2. The molecule has 3 heteroatoms. The van der Waals surface area contributed by atoms with Crippen LogP contribution in [0.25, 0.3) is 0 Å². The summed E-state index contributed by atoms with van der Waals surface area (Å²) in [5, 5.41) is 3.47. The van der Waals surface area contributed by atoms with Crippen molar-refractivity contribution in [3.63, 3.8) is 0 Å². The third-order valence-corrected chi connectivity index (χ3v) is 3.64. The van der Waals surface area contributed by atoms with Gasteiger partial charge in [0.05, 0.1) is 18.8 Å². The summed E-state index contributed by atoms with van der Waals surface area (Å²) in [5.41, 5.74) is 1.23. The fourth-order valence-electron chi connectivity index (χ4n) is 2.45. The van der Waals surface area contributed by atoms with E-state index in [9.17, 15) is 0 Å². The molecule has 0 bridgehead atoms. The van der Waals surface area contributed by atoms with Crippen LogP contribution in [0.3, 0.4) is 0 Å². The van der Waals surface area contributed by atoms with Crippen molar-refractivity contribution < 1.29 is 9.47 Å². The van der Waals surface area contributed by atoms with Gasteiger partial charge >= 0.3 is 0 Å². The molecule has 0 saturated carbocycles. The lowest BCUT2D eigenvalue weighted by Gasteiger charge is -2.26. The molecule has 1 fully saturated rings. The molecule has 20 heavy (non-hydrogen) atoms. The molecule has 2 atom stereocenters. The van der Waals surface area contributed by atoms with Gasteiger partial charge in [0.25, 0.3) is 0 Å². The van der Waals surface area contributed by atoms with Gasteiger partial charge in [-0.3, -0.25) is 0 Å². The molecule has 1 aromatic carbocycles. The zero-order valence-corrected chi connectivity index (χ0v) is 12.7. The van der Waals surface area contributed by atoms with Crippen LogP contribution in [0.2, 0.25) is 0 Å². The van der Waals surface area contributed by atoms with Gasteiger partial charge in [-0.1, -0.05) is 44.2 Å². The summed E-state index contributed by atoms with van der Waals surface area (Å²) in [4.78, 5) is 0. The van der Waals surface area contributed by atoms with Crippen LogP contribution in [0.5, 0.6) is 0 Å². The maximum Gasteiger partial charge on any atom is 0.0950 e. The third-order valence-electron chi connectivity index (χ3n) is 3.64. The van der Waals surface area contributed by atoms with Crippen molar-refractivity contribution in [2.75, 3.05) is 19.8 Å². The molecule has 1 aromatic rings. The Morgan fingerprint density at radius 2 is 2.05 bits per heavy atom. The zero-order valence-electron chi connectivity index (χ0n) is 12.7. The van der Waals surface area contributed by atoms with Crippen molar-refractivity contribution in [1.82, 2.24) is 5.32 Å². The van der Waals surface area contributed by atoms with Gasteiger partial charge in [0.1, 0.15) is 0 Å². The van der Waals surface area contributed by atoms with E-state index >= 15 is 0 Å². The summed E-state index contributed by atoms with van der Waals surface area (Å²) in [7, 11) is 0. The monoisotopic (exact) mass is 277 g/mol. The average molecular weight is 277 g/mol. The summed E-state index contributed by atoms with van der Waals surface area (Å²) in [5.74, 6) is 0. The van der Waals surface area contributed by atoms with Gasteiger partial charge in [-0.15, -0.1) is 0 Å². The van der Waals surface area contributed by atoms with E-state index in [4.69, 9.17) is 9.47 Å². The van der Waals surface area contributed by atoms with Gasteiger partial charge in [-0.05, 0) is 24.8 Å². The normalized spacial score (nSPS) is 21.1. The predicted molar refractivity (Wildman–Crippen MR) is 81.9 cm³/mol. The molecule has 0 amide bonds. The highest BCUT2D eigenvalue weighted by atomic mass is 16.5. The number of hydrogen-bond acceptors (Lipinski definition) is 3. The Labute approximate surface area is 122 Å². The van der Waals surface area contributed by atoms with E-state index in [2.05, 4.69) is 43.4 Å². The van der Waals surface area contributed by atoms with Crippen LogP contribution in [-0.2, 0) is 9.47 Å². The first-order valence-electron chi connectivity index (χ1n) is 7.77. The summed E-state index contributed by atoms with van der Waals surface area (Å²) in [6.07, 6.45) is 3.94. The minimum atomic E-state index is 0.101. The van der Waals surface area contributed by atoms with E-state index < -0.39 is 0 Å². The van der Waals surface area contributed by atoms with Crippen LogP contribution in [0.15, 0.2) is 30.3 Å². The van der Waals surface area contributed by atoms with E-state index in [-0.39, 0.29) is 12.2 Å². The molecule has 1 N–H and O–H groups in total. The largest absolute Gasteiger partial charge is 0.376 e. The molecule has 1 aliphatic rings. The van der Waals surface area contributed by atoms with Crippen LogP contribution < -0.4 is 5.32 Å². The molecule has 0 spiro atoms. The van der Waals surface area contributed by atoms with Crippen LogP contribution in [-0.4, -0.2) is 31.9 Å². The van der Waals surface area contributed by atoms with Crippen LogP contribution in [0.4, 0.5) is 0 Å². The van der Waals surface area contributed by atoms with Crippen LogP contribution >= 0.6 is 0 Å². The molecule has 0 aromatic heterocycles. The summed E-state index contributed by atoms with van der Waals surface area (Å²) < 4.78 is 11.9. The Balaban J connectivity index is 1.88. The lowest BCUT2D eigenvalue weighted by molar-refractivity contribution is -0.0636. The van der Waals surface area contributed by atoms with Gasteiger partial charge < -0.3 is 14.8 Å². The van der Waals surface area contributed by atoms with E-state index in [0.29, 0.717) is 12.6 Å². The average Bonchev–Trinajstić information content (AvgIpc) is 2.49. The summed E-state index contributed by atoms with van der Waals surface area (Å²) in [6.45, 7) is 6.74. The van der Waals surface area contributed by atoms with E-state index in [1.807, 2.05) is 6.07 Å². The third kappa shape index (κ3) is 5.23. The maximum absolute atomic E-state index is 6.13. The highest BCUT2D eigenvalue weighted by molar-refractivity contribution is 5.18. The molecule has 2 unspecified atom stereocenters. The molecule has 2 rings (SSSR count). The first-order chi connectivity index (χ1) is 9.75. The maximum atomic E-state index is 6.13. The lowest BCUT2D eigenvalue weighted by Crippen LogP contribution is -2.32. The number of rotatable bonds is 7. The van der Waals surface area contributed by atoms with Gasteiger partial charge in [0.15, 0.2) is 0 Å². The van der Waals surface area contributed by atoms with Crippen molar-refractivity contribution in [2.45, 2.75) is 51.4 Å². The number of nitrogens with one attached hydrogen (secondary N) is 1. The first kappa shape index (κ1) is 15.5. The number of hydrogen-bond donors (Lipinski definition) is 1. The highest BCUT2D eigenvalue weighted by Gasteiger charge is 2.18. The van der Waals surface area contributed by atoms with Crippen molar-refractivity contribution in [1.29, 1.82) is 0 Å². The smallest absolute Gasteiger partial charge is 0.0950 e. The van der Waals surface area contributed by atoms with Crippen molar-refractivity contribution in [3.8, 4) is 0 Å². The first-order valence-corrected chi connectivity index (χ1v) is 7.77. The van der Waals surface area contributed by atoms with Gasteiger partial charge in [-0.2, -0.15) is 0 Å². The number of ether oxygens (including phenoxy) is 2. The topological polar surface area (TPSA) is 30.5 Å². The molecule has 0 radical (unpaired) electrons. The lowest BCUT2D eigenvalue weighted by atomic mass is 10.1. The van der Waals surface area contributed by atoms with Crippen LogP contribution in [0.1, 0.15) is 44.8 Å². The molecule has 1 aliphatic heterocycles. The van der Waals surface area contributed by atoms with Gasteiger partial charge in [0, 0.05) is 19.2 Å². The van der Waals surface area contributed by atoms with E-state index in [1.54, 1.807) is 0 Å². The van der Waals surface area contributed by atoms with Crippen LogP contribution in [0, 0.1) is 0 Å². The fraction of sp³-hybridized carbons (Fsp3) is 0.647. The molecular formula is C17H27NO2. The Kier molecular flexibility index (Phi) is 6.51. The Bertz CT molecular complexity index is 361. The second-order valence-corrected chi connectivity index (χ2v) is 5.78. The molecular weight excluding hydrogens is 250 g/mol. The second-order valence-electron chi connectivity index (χ2n) is 5.78. The fourth-order valence-corrected chi connectivity index (χ4v) is 2.45. The van der Waals surface area contributed by atoms with E-state index in [1.165, 1.54) is 18.4 Å².